The van der Waals surface area contributed by atoms with Crippen LogP contribution in [0.4, 0.5) is 24.8 Å². The predicted octanol–water partition coefficient (Wildman–Crippen LogP) is 4.21. The Labute approximate surface area is 177 Å². The molecule has 0 spiro atoms. The maximum atomic E-state index is 13.0. The second-order valence-electron chi connectivity index (χ2n) is 7.10. The summed E-state index contributed by atoms with van der Waals surface area (Å²) < 4.78 is 41.5. The van der Waals surface area contributed by atoms with Crippen molar-refractivity contribution in [1.29, 1.82) is 0 Å². The molecule has 3 aromatic rings. The number of aromatic nitrogens is 3. The van der Waals surface area contributed by atoms with Crippen molar-refractivity contribution in [1.82, 2.24) is 14.1 Å². The Morgan fingerprint density at radius 1 is 0.968 bits per heavy atom. The van der Waals surface area contributed by atoms with Gasteiger partial charge in [0.2, 0.25) is 5.95 Å². The number of hydrogen-bond acceptors (Lipinski definition) is 4. The van der Waals surface area contributed by atoms with Crippen molar-refractivity contribution < 1.29 is 13.2 Å². The number of alkyl halides is 3. The first-order valence-corrected chi connectivity index (χ1v) is 9.99. The van der Waals surface area contributed by atoms with Gasteiger partial charge in [-0.1, -0.05) is 49.7 Å². The molecule has 1 aromatic heterocycles. The van der Waals surface area contributed by atoms with Gasteiger partial charge < -0.3 is 5.32 Å². The zero-order chi connectivity index (χ0) is 22.4. The van der Waals surface area contributed by atoms with Crippen molar-refractivity contribution in [2.24, 2.45) is 0 Å². The van der Waals surface area contributed by atoms with Crippen molar-refractivity contribution in [3.63, 3.8) is 0 Å². The summed E-state index contributed by atoms with van der Waals surface area (Å²) in [6, 6.07) is 14.0. The highest BCUT2D eigenvalue weighted by molar-refractivity contribution is 5.54. The summed E-state index contributed by atoms with van der Waals surface area (Å²) in [5.41, 5.74) is -1.05. The summed E-state index contributed by atoms with van der Waals surface area (Å²) in [6.45, 7) is 2.38. The van der Waals surface area contributed by atoms with Gasteiger partial charge in [-0.15, -0.1) is 0 Å². The van der Waals surface area contributed by atoms with E-state index < -0.39 is 23.1 Å². The number of halogens is 3. The average Bonchev–Trinajstić information content (AvgIpc) is 2.73. The monoisotopic (exact) mass is 432 g/mol. The minimum Gasteiger partial charge on any atom is -0.325 e. The normalized spacial score (nSPS) is 11.5. The third-order valence-electron chi connectivity index (χ3n) is 4.80. The van der Waals surface area contributed by atoms with E-state index in [2.05, 4.69) is 10.3 Å². The van der Waals surface area contributed by atoms with Gasteiger partial charge in [-0.2, -0.15) is 18.2 Å². The fourth-order valence-electron chi connectivity index (χ4n) is 3.12. The van der Waals surface area contributed by atoms with E-state index in [1.165, 1.54) is 16.7 Å². The summed E-state index contributed by atoms with van der Waals surface area (Å²) in [4.78, 5) is 29.4. The molecule has 0 amide bonds. The molecule has 0 aliphatic heterocycles. The minimum absolute atomic E-state index is 0.0842. The molecule has 0 radical (unpaired) electrons. The lowest BCUT2D eigenvalue weighted by Gasteiger charge is -2.16. The molecule has 0 aliphatic rings. The SMILES string of the molecule is CCCCn1c(=O)nc(Nc2cccc(C(F)(F)F)c2)n(CCc2ccccc2)c1=O. The van der Waals surface area contributed by atoms with E-state index in [0.717, 1.165) is 28.7 Å². The van der Waals surface area contributed by atoms with E-state index in [-0.39, 0.29) is 24.7 Å². The molecule has 2 aromatic carbocycles. The first-order valence-electron chi connectivity index (χ1n) is 9.99. The van der Waals surface area contributed by atoms with Gasteiger partial charge in [-0.3, -0.25) is 4.57 Å². The average molecular weight is 432 g/mol. The smallest absolute Gasteiger partial charge is 0.325 e. The molecule has 6 nitrogen and oxygen atoms in total. The largest absolute Gasteiger partial charge is 0.416 e. The zero-order valence-electron chi connectivity index (χ0n) is 17.0. The molecule has 31 heavy (non-hydrogen) atoms. The van der Waals surface area contributed by atoms with Crippen LogP contribution >= 0.6 is 0 Å². The Kier molecular flexibility index (Phi) is 6.94. The molecule has 164 valence electrons. The van der Waals surface area contributed by atoms with Gasteiger partial charge in [0.15, 0.2) is 0 Å². The summed E-state index contributed by atoms with van der Waals surface area (Å²) in [6.07, 6.45) is -2.59. The van der Waals surface area contributed by atoms with Crippen LogP contribution in [0.2, 0.25) is 0 Å². The standard InChI is InChI=1S/C22H23F3N4O2/c1-2-3-13-29-20(30)27-19(26-18-11-7-10-17(15-18)22(23,24)25)28(21(29)31)14-12-16-8-5-4-6-9-16/h4-11,15H,2-3,12-14H2,1H3,(H,26,27,30). The molecular weight excluding hydrogens is 409 g/mol. The molecule has 0 saturated carbocycles. The Bertz CT molecular complexity index is 1140. The minimum atomic E-state index is -4.51. The molecule has 3 rings (SSSR count). The van der Waals surface area contributed by atoms with Crippen LogP contribution in [0.1, 0.15) is 30.9 Å². The Balaban J connectivity index is 1.99. The molecule has 0 aliphatic carbocycles. The van der Waals surface area contributed by atoms with Crippen molar-refractivity contribution in [3.05, 3.63) is 86.7 Å². The van der Waals surface area contributed by atoms with Crippen LogP contribution in [0.5, 0.6) is 0 Å². The quantitative estimate of drug-likeness (QED) is 0.579. The van der Waals surface area contributed by atoms with E-state index >= 15 is 0 Å². The van der Waals surface area contributed by atoms with Crippen LogP contribution in [0, 0.1) is 0 Å². The van der Waals surface area contributed by atoms with Gasteiger partial charge in [0, 0.05) is 18.8 Å². The van der Waals surface area contributed by atoms with Crippen LogP contribution in [0.15, 0.2) is 64.2 Å². The van der Waals surface area contributed by atoms with Crippen molar-refractivity contribution in [2.45, 2.75) is 45.5 Å². The Hall–Kier alpha value is -3.36. The number of hydrogen-bond donors (Lipinski definition) is 1. The van der Waals surface area contributed by atoms with Crippen molar-refractivity contribution in [2.75, 3.05) is 5.32 Å². The fourth-order valence-corrected chi connectivity index (χ4v) is 3.12. The van der Waals surface area contributed by atoms with Crippen LogP contribution in [-0.4, -0.2) is 14.1 Å². The maximum absolute atomic E-state index is 13.0. The predicted molar refractivity (Wildman–Crippen MR) is 113 cm³/mol. The summed E-state index contributed by atoms with van der Waals surface area (Å²) in [5.74, 6) is -0.0852. The van der Waals surface area contributed by atoms with Gasteiger partial charge in [0.1, 0.15) is 0 Å². The van der Waals surface area contributed by atoms with Crippen LogP contribution in [0.3, 0.4) is 0 Å². The molecule has 9 heteroatoms. The highest BCUT2D eigenvalue weighted by Crippen LogP contribution is 2.31. The summed E-state index contributed by atoms with van der Waals surface area (Å²) in [5, 5.41) is 2.72. The molecule has 0 saturated heterocycles. The van der Waals surface area contributed by atoms with Crippen molar-refractivity contribution in [3.8, 4) is 0 Å². The van der Waals surface area contributed by atoms with E-state index in [4.69, 9.17) is 0 Å². The lowest BCUT2D eigenvalue weighted by Crippen LogP contribution is -2.42. The lowest BCUT2D eigenvalue weighted by molar-refractivity contribution is -0.137. The topological polar surface area (TPSA) is 68.9 Å². The molecule has 0 unspecified atom stereocenters. The first kappa shape index (κ1) is 22.3. The van der Waals surface area contributed by atoms with Crippen LogP contribution in [0.25, 0.3) is 0 Å². The van der Waals surface area contributed by atoms with Gasteiger partial charge in [-0.25, -0.2) is 14.2 Å². The van der Waals surface area contributed by atoms with Crippen LogP contribution in [-0.2, 0) is 25.7 Å². The molecule has 0 fully saturated rings. The van der Waals surface area contributed by atoms with E-state index in [1.807, 2.05) is 37.3 Å². The number of nitrogens with zero attached hydrogens (tertiary/aromatic N) is 3. The van der Waals surface area contributed by atoms with E-state index in [0.29, 0.717) is 12.8 Å². The number of benzene rings is 2. The molecule has 1 N–H and O–H groups in total. The van der Waals surface area contributed by atoms with E-state index in [1.54, 1.807) is 0 Å². The van der Waals surface area contributed by atoms with Gasteiger partial charge in [0.25, 0.3) is 0 Å². The Morgan fingerprint density at radius 2 is 1.71 bits per heavy atom. The highest BCUT2D eigenvalue weighted by Gasteiger charge is 2.30. The Morgan fingerprint density at radius 3 is 2.39 bits per heavy atom. The van der Waals surface area contributed by atoms with Gasteiger partial charge in [0.05, 0.1) is 5.56 Å². The number of unbranched alkanes of at least 4 members (excludes halogenated alkanes) is 1. The van der Waals surface area contributed by atoms with E-state index in [9.17, 15) is 22.8 Å². The summed E-state index contributed by atoms with van der Waals surface area (Å²) in [7, 11) is 0. The molecule has 0 bridgehead atoms. The van der Waals surface area contributed by atoms with Crippen molar-refractivity contribution >= 4 is 11.6 Å². The highest BCUT2D eigenvalue weighted by atomic mass is 19.4. The second kappa shape index (κ2) is 9.63. The van der Waals surface area contributed by atoms with Crippen LogP contribution < -0.4 is 16.7 Å². The lowest BCUT2D eigenvalue weighted by atomic mass is 10.1. The number of aryl methyl sites for hydroxylation is 1. The second-order valence-corrected chi connectivity index (χ2v) is 7.10. The zero-order valence-corrected chi connectivity index (χ0v) is 17.0. The first-order chi connectivity index (χ1) is 14.8. The number of rotatable bonds is 8. The van der Waals surface area contributed by atoms with Gasteiger partial charge in [-0.05, 0) is 36.6 Å². The third-order valence-corrected chi connectivity index (χ3v) is 4.80. The molecular formula is C22H23F3N4O2. The number of nitrogens with one attached hydrogen (secondary N) is 1. The molecule has 0 atom stereocenters. The fraction of sp³-hybridized carbons (Fsp3) is 0.318. The van der Waals surface area contributed by atoms with Gasteiger partial charge >= 0.3 is 17.6 Å². The summed E-state index contributed by atoms with van der Waals surface area (Å²) >= 11 is 0. The molecule has 1 heterocycles. The number of anilines is 2. The maximum Gasteiger partial charge on any atom is 0.416 e. The third kappa shape index (κ3) is 5.62.